The Balaban J connectivity index is 1.28. The molecule has 0 aliphatic carbocycles. The van der Waals surface area contributed by atoms with Crippen molar-refractivity contribution in [1.29, 1.82) is 0 Å². The first-order chi connectivity index (χ1) is 19.2. The average Bonchev–Trinajstić information content (AvgIpc) is 3.47. The zero-order valence-electron chi connectivity index (χ0n) is 21.6. The van der Waals surface area contributed by atoms with Gasteiger partial charge in [0, 0.05) is 40.9 Å². The lowest BCUT2D eigenvalue weighted by Crippen LogP contribution is -1.99. The fourth-order valence-corrected chi connectivity index (χ4v) is 5.34. The molecule has 0 N–H and O–H groups in total. The number of aromatic nitrogens is 5. The van der Waals surface area contributed by atoms with Crippen LogP contribution in [0, 0.1) is 13.8 Å². The SMILES string of the molecule is Cc1nn(-c2cccc(Oc3ccc4c5ccccc5n(-c5ccccn5)c4c3)c2)c(C)c1-c1ccccn1. The van der Waals surface area contributed by atoms with Crippen molar-refractivity contribution in [1.82, 2.24) is 24.3 Å². The molecule has 4 heterocycles. The van der Waals surface area contributed by atoms with Crippen LogP contribution in [0.15, 0.2) is 116 Å². The summed E-state index contributed by atoms with van der Waals surface area (Å²) in [6.07, 6.45) is 3.63. The summed E-state index contributed by atoms with van der Waals surface area (Å²) in [4.78, 5) is 9.16. The minimum atomic E-state index is 0.735. The summed E-state index contributed by atoms with van der Waals surface area (Å²) >= 11 is 0. The third-order valence-electron chi connectivity index (χ3n) is 7.03. The fourth-order valence-electron chi connectivity index (χ4n) is 5.34. The summed E-state index contributed by atoms with van der Waals surface area (Å²) < 4.78 is 10.5. The number of pyridine rings is 2. The molecule has 3 aromatic carbocycles. The van der Waals surface area contributed by atoms with Crippen LogP contribution in [0.25, 0.3) is 44.6 Å². The second kappa shape index (κ2) is 9.26. The number of benzene rings is 3. The molecule has 0 atom stereocenters. The van der Waals surface area contributed by atoms with Crippen LogP contribution < -0.4 is 4.74 Å². The predicted octanol–water partition coefficient (Wildman–Crippen LogP) is 7.84. The number of nitrogens with zero attached hydrogens (tertiary/aromatic N) is 5. The van der Waals surface area contributed by atoms with Crippen LogP contribution >= 0.6 is 0 Å². The molecule has 0 radical (unpaired) electrons. The molecule has 6 heteroatoms. The van der Waals surface area contributed by atoms with Gasteiger partial charge in [-0.1, -0.05) is 36.4 Å². The topological polar surface area (TPSA) is 57.8 Å². The van der Waals surface area contributed by atoms with Crippen LogP contribution in [-0.2, 0) is 0 Å². The molecule has 4 aromatic heterocycles. The van der Waals surface area contributed by atoms with Gasteiger partial charge in [-0.25, -0.2) is 9.67 Å². The van der Waals surface area contributed by atoms with Crippen LogP contribution in [0.5, 0.6) is 11.5 Å². The third-order valence-corrected chi connectivity index (χ3v) is 7.03. The third kappa shape index (κ3) is 3.94. The second-order valence-corrected chi connectivity index (χ2v) is 9.49. The molecule has 0 saturated carbocycles. The number of ether oxygens (including phenoxy) is 1. The molecule has 7 rings (SSSR count). The molecular weight excluding hydrogens is 482 g/mol. The number of rotatable bonds is 5. The minimum Gasteiger partial charge on any atom is -0.457 e. The van der Waals surface area contributed by atoms with Crippen molar-refractivity contribution in [3.8, 4) is 34.3 Å². The lowest BCUT2D eigenvalue weighted by Gasteiger charge is -2.11. The maximum Gasteiger partial charge on any atom is 0.137 e. The number of fused-ring (bicyclic) bond motifs is 3. The monoisotopic (exact) mass is 507 g/mol. The molecule has 0 unspecified atom stereocenters. The second-order valence-electron chi connectivity index (χ2n) is 9.49. The van der Waals surface area contributed by atoms with Crippen molar-refractivity contribution in [3.05, 3.63) is 127 Å². The van der Waals surface area contributed by atoms with E-state index < -0.39 is 0 Å². The van der Waals surface area contributed by atoms with E-state index in [1.165, 1.54) is 5.39 Å². The van der Waals surface area contributed by atoms with Gasteiger partial charge >= 0.3 is 0 Å². The van der Waals surface area contributed by atoms with E-state index in [-0.39, 0.29) is 0 Å². The Hall–Kier alpha value is -5.23. The van der Waals surface area contributed by atoms with Gasteiger partial charge in [-0.2, -0.15) is 5.10 Å². The molecule has 6 nitrogen and oxygen atoms in total. The number of hydrogen-bond acceptors (Lipinski definition) is 4. The highest BCUT2D eigenvalue weighted by Crippen LogP contribution is 2.35. The highest BCUT2D eigenvalue weighted by molar-refractivity contribution is 6.09. The number of hydrogen-bond donors (Lipinski definition) is 0. The number of aryl methyl sites for hydroxylation is 1. The van der Waals surface area contributed by atoms with E-state index >= 15 is 0 Å². The van der Waals surface area contributed by atoms with Gasteiger partial charge in [0.1, 0.15) is 17.3 Å². The highest BCUT2D eigenvalue weighted by atomic mass is 16.5. The van der Waals surface area contributed by atoms with Crippen molar-refractivity contribution >= 4 is 21.8 Å². The van der Waals surface area contributed by atoms with Gasteiger partial charge in [0.25, 0.3) is 0 Å². The van der Waals surface area contributed by atoms with Crippen molar-refractivity contribution in [2.45, 2.75) is 13.8 Å². The Morgan fingerprint density at radius 1 is 0.641 bits per heavy atom. The van der Waals surface area contributed by atoms with Gasteiger partial charge in [-0.3, -0.25) is 9.55 Å². The standard InChI is InChI=1S/C33H25N5O/c1-22-33(29-13-5-7-18-34-29)23(2)38(36-22)24-10-9-11-25(20-24)39-26-16-17-28-27-12-3-4-14-30(27)37(31(28)21-26)32-15-6-8-19-35-32/h3-21H,1-2H3. The van der Waals surface area contributed by atoms with Crippen molar-refractivity contribution in [3.63, 3.8) is 0 Å². The lowest BCUT2D eigenvalue weighted by atomic mass is 10.1. The minimum absolute atomic E-state index is 0.735. The van der Waals surface area contributed by atoms with Crippen LogP contribution in [0.3, 0.4) is 0 Å². The quantitative estimate of drug-likeness (QED) is 0.238. The van der Waals surface area contributed by atoms with E-state index in [2.05, 4.69) is 57.9 Å². The van der Waals surface area contributed by atoms with Crippen LogP contribution in [0.2, 0.25) is 0 Å². The Morgan fingerprint density at radius 2 is 1.41 bits per heavy atom. The first-order valence-electron chi connectivity index (χ1n) is 12.9. The molecule has 0 spiro atoms. The van der Waals surface area contributed by atoms with E-state index in [0.717, 1.165) is 62.1 Å². The maximum absolute atomic E-state index is 6.41. The molecule has 0 saturated heterocycles. The first kappa shape index (κ1) is 22.9. The Labute approximate surface area is 225 Å². The maximum atomic E-state index is 6.41. The summed E-state index contributed by atoms with van der Waals surface area (Å²) in [6, 6.07) is 34.5. The Bertz CT molecular complexity index is 1960. The van der Waals surface area contributed by atoms with E-state index in [1.807, 2.05) is 90.7 Å². The van der Waals surface area contributed by atoms with E-state index in [9.17, 15) is 0 Å². The van der Waals surface area contributed by atoms with E-state index in [0.29, 0.717) is 0 Å². The van der Waals surface area contributed by atoms with E-state index in [1.54, 1.807) is 0 Å². The molecule has 0 bridgehead atoms. The van der Waals surface area contributed by atoms with Crippen LogP contribution in [-0.4, -0.2) is 24.3 Å². The molecule has 0 amide bonds. The summed E-state index contributed by atoms with van der Waals surface area (Å²) in [5, 5.41) is 7.16. The molecule has 0 aliphatic rings. The normalized spacial score (nSPS) is 11.3. The van der Waals surface area contributed by atoms with Crippen LogP contribution in [0.1, 0.15) is 11.4 Å². The number of para-hydroxylation sites is 1. The predicted molar refractivity (Wildman–Crippen MR) is 155 cm³/mol. The Kier molecular flexibility index (Phi) is 5.44. The zero-order chi connectivity index (χ0) is 26.3. The lowest BCUT2D eigenvalue weighted by molar-refractivity contribution is 0.483. The van der Waals surface area contributed by atoms with Gasteiger partial charge in [-0.05, 0) is 68.4 Å². The molecular formula is C33H25N5O. The van der Waals surface area contributed by atoms with Crippen molar-refractivity contribution in [2.75, 3.05) is 0 Å². The summed E-state index contributed by atoms with van der Waals surface area (Å²) in [5.74, 6) is 2.36. The fraction of sp³-hybridized carbons (Fsp3) is 0.0606. The smallest absolute Gasteiger partial charge is 0.137 e. The van der Waals surface area contributed by atoms with Crippen molar-refractivity contribution in [2.24, 2.45) is 0 Å². The average molecular weight is 508 g/mol. The highest BCUT2D eigenvalue weighted by Gasteiger charge is 2.17. The molecule has 0 fully saturated rings. The summed E-state index contributed by atoms with van der Waals surface area (Å²) in [7, 11) is 0. The van der Waals surface area contributed by atoms with E-state index in [4.69, 9.17) is 9.84 Å². The molecule has 0 aliphatic heterocycles. The van der Waals surface area contributed by atoms with Gasteiger partial charge in [0.2, 0.25) is 0 Å². The van der Waals surface area contributed by atoms with Crippen LogP contribution in [0.4, 0.5) is 0 Å². The van der Waals surface area contributed by atoms with Gasteiger partial charge in [0.15, 0.2) is 0 Å². The molecule has 188 valence electrons. The van der Waals surface area contributed by atoms with Gasteiger partial charge < -0.3 is 4.74 Å². The molecule has 7 aromatic rings. The van der Waals surface area contributed by atoms with Crippen molar-refractivity contribution < 1.29 is 4.74 Å². The van der Waals surface area contributed by atoms with Gasteiger partial charge in [-0.15, -0.1) is 0 Å². The first-order valence-corrected chi connectivity index (χ1v) is 12.9. The van der Waals surface area contributed by atoms with Gasteiger partial charge in [0.05, 0.1) is 33.8 Å². The summed E-state index contributed by atoms with van der Waals surface area (Å²) in [6.45, 7) is 4.09. The largest absolute Gasteiger partial charge is 0.457 e. The Morgan fingerprint density at radius 3 is 2.23 bits per heavy atom. The summed E-state index contributed by atoms with van der Waals surface area (Å²) in [5.41, 5.74) is 7.02. The zero-order valence-corrected chi connectivity index (χ0v) is 21.6. The molecule has 39 heavy (non-hydrogen) atoms.